The Kier molecular flexibility index (Phi) is 6.74. The SMILES string of the molecule is C=C1C=CC=CN1c1ccc(NC(=O)[C@H]2Cc3ccccc3CN2C(=O)Nc2ccc(Cl)cn2)c(F)c1. The van der Waals surface area contributed by atoms with Crippen molar-refractivity contribution in [2.24, 2.45) is 0 Å². The quantitative estimate of drug-likeness (QED) is 0.455. The van der Waals surface area contributed by atoms with E-state index in [1.807, 2.05) is 42.5 Å². The minimum absolute atomic E-state index is 0.0227. The Hall–Kier alpha value is -4.43. The van der Waals surface area contributed by atoms with Crippen LogP contribution in [0, 0.1) is 5.82 Å². The number of anilines is 3. The van der Waals surface area contributed by atoms with E-state index in [1.54, 1.807) is 29.3 Å². The number of carbonyl (C=O) groups is 2. The number of hydrogen-bond acceptors (Lipinski definition) is 4. The Morgan fingerprint density at radius 1 is 1.05 bits per heavy atom. The molecule has 1 atom stereocenters. The van der Waals surface area contributed by atoms with E-state index in [0.717, 1.165) is 11.1 Å². The Labute approximate surface area is 218 Å². The first kappa shape index (κ1) is 24.3. The van der Waals surface area contributed by atoms with Gasteiger partial charge in [0, 0.05) is 42.8 Å². The van der Waals surface area contributed by atoms with Crippen LogP contribution in [0.2, 0.25) is 5.02 Å². The summed E-state index contributed by atoms with van der Waals surface area (Å²) >= 11 is 5.89. The predicted molar refractivity (Wildman–Crippen MR) is 143 cm³/mol. The number of hydrogen-bond donors (Lipinski definition) is 2. The molecule has 9 heteroatoms. The number of nitrogens with one attached hydrogen (secondary N) is 2. The number of amides is 3. The minimum atomic E-state index is -0.865. The van der Waals surface area contributed by atoms with Crippen LogP contribution in [-0.4, -0.2) is 27.9 Å². The molecule has 0 aliphatic carbocycles. The highest BCUT2D eigenvalue weighted by Crippen LogP contribution is 2.29. The highest BCUT2D eigenvalue weighted by molar-refractivity contribution is 6.30. The van der Waals surface area contributed by atoms with Gasteiger partial charge in [-0.15, -0.1) is 0 Å². The second kappa shape index (κ2) is 10.3. The number of urea groups is 1. The molecule has 0 saturated carbocycles. The molecule has 7 nitrogen and oxygen atoms in total. The van der Waals surface area contributed by atoms with Gasteiger partial charge in [0.05, 0.1) is 10.7 Å². The summed E-state index contributed by atoms with van der Waals surface area (Å²) in [6.45, 7) is 4.17. The standard InChI is InChI=1S/C28H23ClFN5O2/c1-18-6-4-5-13-34(18)22-10-11-24(23(30)15-22)32-27(36)25-14-19-7-2-3-8-20(19)17-35(25)28(37)33-26-12-9-21(29)16-31-26/h2-13,15-16,25H,1,14,17H2,(H,32,36)(H,31,33,37)/t25-/m1/s1. The second-order valence-corrected chi connectivity index (χ2v) is 9.06. The molecular formula is C28H23ClFN5O2. The molecule has 0 unspecified atom stereocenters. The van der Waals surface area contributed by atoms with Gasteiger partial charge in [0.1, 0.15) is 17.7 Å². The minimum Gasteiger partial charge on any atom is -0.322 e. The number of pyridine rings is 1. The molecule has 3 heterocycles. The normalized spacial score (nSPS) is 16.4. The number of halogens is 2. The van der Waals surface area contributed by atoms with Gasteiger partial charge >= 0.3 is 6.03 Å². The van der Waals surface area contributed by atoms with Gasteiger partial charge in [-0.2, -0.15) is 0 Å². The lowest BCUT2D eigenvalue weighted by Gasteiger charge is -2.35. The lowest BCUT2D eigenvalue weighted by atomic mass is 9.93. The number of fused-ring (bicyclic) bond motifs is 1. The zero-order valence-corrected chi connectivity index (χ0v) is 20.5. The van der Waals surface area contributed by atoms with E-state index in [0.29, 0.717) is 22.2 Å². The molecule has 37 heavy (non-hydrogen) atoms. The Morgan fingerprint density at radius 2 is 1.86 bits per heavy atom. The topological polar surface area (TPSA) is 77.6 Å². The summed E-state index contributed by atoms with van der Waals surface area (Å²) in [5, 5.41) is 5.82. The molecular weight excluding hydrogens is 493 g/mol. The number of nitrogens with zero attached hydrogens (tertiary/aromatic N) is 3. The van der Waals surface area contributed by atoms with Gasteiger partial charge in [0.15, 0.2) is 0 Å². The van der Waals surface area contributed by atoms with Gasteiger partial charge in [-0.25, -0.2) is 14.2 Å². The average molecular weight is 516 g/mol. The number of rotatable bonds is 4. The van der Waals surface area contributed by atoms with Gasteiger partial charge in [-0.1, -0.05) is 48.5 Å². The highest BCUT2D eigenvalue weighted by atomic mass is 35.5. The summed E-state index contributed by atoms with van der Waals surface area (Å²) in [6.07, 6.45) is 8.96. The van der Waals surface area contributed by atoms with E-state index >= 15 is 4.39 Å². The molecule has 2 aliphatic rings. The fourth-order valence-corrected chi connectivity index (χ4v) is 4.42. The Balaban J connectivity index is 1.37. The maximum Gasteiger partial charge on any atom is 0.324 e. The number of aromatic nitrogens is 1. The van der Waals surface area contributed by atoms with Gasteiger partial charge < -0.3 is 15.1 Å². The van der Waals surface area contributed by atoms with Crippen molar-refractivity contribution in [3.8, 4) is 0 Å². The number of allylic oxidation sites excluding steroid dienone is 3. The summed E-state index contributed by atoms with van der Waals surface area (Å²) < 4.78 is 15.0. The number of benzene rings is 2. The summed E-state index contributed by atoms with van der Waals surface area (Å²) in [5.74, 6) is -0.790. The van der Waals surface area contributed by atoms with E-state index in [9.17, 15) is 9.59 Å². The molecule has 2 aliphatic heterocycles. The van der Waals surface area contributed by atoms with Crippen molar-refractivity contribution >= 4 is 40.7 Å². The molecule has 0 fully saturated rings. The Bertz CT molecular complexity index is 1440. The van der Waals surface area contributed by atoms with Crippen molar-refractivity contribution in [2.75, 3.05) is 15.5 Å². The molecule has 5 rings (SSSR count). The van der Waals surface area contributed by atoms with Crippen molar-refractivity contribution < 1.29 is 14.0 Å². The van der Waals surface area contributed by atoms with Gasteiger partial charge in [-0.3, -0.25) is 10.1 Å². The van der Waals surface area contributed by atoms with Crippen LogP contribution in [0.5, 0.6) is 0 Å². The molecule has 3 amide bonds. The Morgan fingerprint density at radius 3 is 2.59 bits per heavy atom. The zero-order chi connectivity index (χ0) is 25.9. The summed E-state index contributed by atoms with van der Waals surface area (Å²) in [6, 6.07) is 14.0. The number of carbonyl (C=O) groups excluding carboxylic acids is 2. The highest BCUT2D eigenvalue weighted by Gasteiger charge is 2.35. The third-order valence-corrected chi connectivity index (χ3v) is 6.43. The molecule has 0 radical (unpaired) electrons. The molecule has 2 N–H and O–H groups in total. The van der Waals surface area contributed by atoms with E-state index in [-0.39, 0.29) is 18.7 Å². The van der Waals surface area contributed by atoms with Gasteiger partial charge in [0.2, 0.25) is 5.91 Å². The molecule has 0 spiro atoms. The van der Waals surface area contributed by atoms with Crippen molar-refractivity contribution in [3.63, 3.8) is 0 Å². The fourth-order valence-electron chi connectivity index (χ4n) is 4.30. The third-order valence-electron chi connectivity index (χ3n) is 6.21. The molecule has 0 saturated heterocycles. The van der Waals surface area contributed by atoms with Crippen molar-refractivity contribution in [2.45, 2.75) is 19.0 Å². The van der Waals surface area contributed by atoms with Crippen LogP contribution in [0.15, 0.2) is 97.5 Å². The zero-order valence-electron chi connectivity index (χ0n) is 19.7. The van der Waals surface area contributed by atoms with Crippen LogP contribution >= 0.6 is 11.6 Å². The fraction of sp³-hybridized carbons (Fsp3) is 0.107. The lowest BCUT2D eigenvalue weighted by Crippen LogP contribution is -2.52. The van der Waals surface area contributed by atoms with Crippen LogP contribution in [0.1, 0.15) is 11.1 Å². The van der Waals surface area contributed by atoms with Crippen LogP contribution in [-0.2, 0) is 17.8 Å². The summed E-state index contributed by atoms with van der Waals surface area (Å²) in [7, 11) is 0. The first-order valence-corrected chi connectivity index (χ1v) is 12.0. The van der Waals surface area contributed by atoms with Crippen LogP contribution < -0.4 is 15.5 Å². The molecule has 2 aromatic carbocycles. The molecule has 3 aromatic rings. The van der Waals surface area contributed by atoms with E-state index in [1.165, 1.54) is 23.2 Å². The van der Waals surface area contributed by atoms with E-state index in [4.69, 9.17) is 11.6 Å². The van der Waals surface area contributed by atoms with Gasteiger partial charge in [0.25, 0.3) is 0 Å². The monoisotopic (exact) mass is 515 g/mol. The summed E-state index contributed by atoms with van der Waals surface area (Å²) in [5.41, 5.74) is 3.18. The average Bonchev–Trinajstić information content (AvgIpc) is 2.90. The smallest absolute Gasteiger partial charge is 0.322 e. The van der Waals surface area contributed by atoms with Gasteiger partial charge in [-0.05, 0) is 47.5 Å². The maximum atomic E-state index is 15.0. The third kappa shape index (κ3) is 5.24. The van der Waals surface area contributed by atoms with Crippen LogP contribution in [0.25, 0.3) is 0 Å². The van der Waals surface area contributed by atoms with Crippen molar-refractivity contribution in [1.29, 1.82) is 0 Å². The molecule has 186 valence electrons. The van der Waals surface area contributed by atoms with Crippen LogP contribution in [0.4, 0.5) is 26.4 Å². The second-order valence-electron chi connectivity index (χ2n) is 8.62. The maximum absolute atomic E-state index is 15.0. The lowest BCUT2D eigenvalue weighted by molar-refractivity contribution is -0.120. The first-order chi connectivity index (χ1) is 17.9. The largest absolute Gasteiger partial charge is 0.324 e. The van der Waals surface area contributed by atoms with Crippen LogP contribution in [0.3, 0.4) is 0 Å². The summed E-state index contributed by atoms with van der Waals surface area (Å²) in [4.78, 5) is 33.9. The molecule has 1 aromatic heterocycles. The van der Waals surface area contributed by atoms with Crippen molar-refractivity contribution in [3.05, 3.63) is 119 Å². The predicted octanol–water partition coefficient (Wildman–Crippen LogP) is 5.88. The van der Waals surface area contributed by atoms with E-state index in [2.05, 4.69) is 22.2 Å². The van der Waals surface area contributed by atoms with E-state index < -0.39 is 23.8 Å². The van der Waals surface area contributed by atoms with Crippen molar-refractivity contribution in [1.82, 2.24) is 9.88 Å². The molecule has 0 bridgehead atoms. The first-order valence-electron chi connectivity index (χ1n) is 11.6.